The monoisotopic (exact) mass is 469 g/mol. The average Bonchev–Trinajstić information content (AvgIpc) is 3.12. The first-order valence-corrected chi connectivity index (χ1v) is 12.7. The Hall–Kier alpha value is -2.42. The number of thioether (sulfide) groups is 1. The van der Waals surface area contributed by atoms with Gasteiger partial charge in [0.05, 0.1) is 28.3 Å². The van der Waals surface area contributed by atoms with Crippen LogP contribution in [-0.4, -0.2) is 48.1 Å². The van der Waals surface area contributed by atoms with Crippen LogP contribution >= 0.6 is 23.1 Å². The normalized spacial score (nSPS) is 14.1. The lowest BCUT2D eigenvalue weighted by Crippen LogP contribution is -2.36. The Morgan fingerprint density at radius 1 is 1.19 bits per heavy atom. The van der Waals surface area contributed by atoms with Gasteiger partial charge in [-0.25, -0.2) is 0 Å². The number of anilines is 1. The Morgan fingerprint density at radius 2 is 2.03 bits per heavy atom. The van der Waals surface area contributed by atoms with Gasteiger partial charge < -0.3 is 14.2 Å². The van der Waals surface area contributed by atoms with Crippen LogP contribution in [0.15, 0.2) is 47.5 Å². The summed E-state index contributed by atoms with van der Waals surface area (Å²) in [5, 5.41) is 0. The number of hydrogen-bond donors (Lipinski definition) is 0. The second-order valence-corrected chi connectivity index (χ2v) is 9.77. The Kier molecular flexibility index (Phi) is 7.44. The van der Waals surface area contributed by atoms with Crippen molar-refractivity contribution in [3.63, 3.8) is 0 Å². The molecule has 0 unspecified atom stereocenters. The molecular weight excluding hydrogens is 442 g/mol. The number of aryl methyl sites for hydroxylation is 2. The molecule has 2 amide bonds. The van der Waals surface area contributed by atoms with Crippen molar-refractivity contribution in [1.82, 2.24) is 4.57 Å². The van der Waals surface area contributed by atoms with E-state index in [2.05, 4.69) is 36.2 Å². The van der Waals surface area contributed by atoms with Crippen LogP contribution in [0.25, 0.3) is 10.2 Å². The van der Waals surface area contributed by atoms with Gasteiger partial charge in [-0.2, -0.15) is 4.99 Å². The summed E-state index contributed by atoms with van der Waals surface area (Å²) < 4.78 is 8.36. The minimum atomic E-state index is -0.226. The lowest BCUT2D eigenvalue weighted by Gasteiger charge is -2.29. The van der Waals surface area contributed by atoms with Gasteiger partial charge in [0.1, 0.15) is 0 Å². The van der Waals surface area contributed by atoms with Crippen molar-refractivity contribution in [2.75, 3.05) is 36.7 Å². The largest absolute Gasteiger partial charge is 0.383 e. The number of para-hydroxylation sites is 1. The summed E-state index contributed by atoms with van der Waals surface area (Å²) in [6.45, 7) is 3.96. The number of hydrogen-bond acceptors (Lipinski definition) is 5. The minimum Gasteiger partial charge on any atom is -0.383 e. The van der Waals surface area contributed by atoms with Crippen molar-refractivity contribution < 1.29 is 14.3 Å². The topological polar surface area (TPSA) is 63.9 Å². The lowest BCUT2D eigenvalue weighted by atomic mass is 10.0. The maximum Gasteiger partial charge on any atom is 0.258 e. The number of benzene rings is 2. The van der Waals surface area contributed by atoms with E-state index in [0.717, 1.165) is 35.3 Å². The summed E-state index contributed by atoms with van der Waals surface area (Å²) in [6, 6.07) is 14.3. The van der Waals surface area contributed by atoms with Crippen LogP contribution in [0.1, 0.15) is 17.5 Å². The Balaban J connectivity index is 1.43. The molecule has 0 aliphatic carbocycles. The highest BCUT2D eigenvalue weighted by atomic mass is 32.2. The van der Waals surface area contributed by atoms with Gasteiger partial charge in [0.15, 0.2) is 4.80 Å². The van der Waals surface area contributed by atoms with Crippen molar-refractivity contribution in [2.24, 2.45) is 4.99 Å². The molecule has 168 valence electrons. The number of amides is 2. The fourth-order valence-electron chi connectivity index (χ4n) is 3.90. The average molecular weight is 470 g/mol. The zero-order valence-corrected chi connectivity index (χ0v) is 20.0. The van der Waals surface area contributed by atoms with Crippen molar-refractivity contribution in [3.8, 4) is 0 Å². The molecule has 0 radical (unpaired) electrons. The molecule has 0 bridgehead atoms. The molecule has 1 aliphatic heterocycles. The Morgan fingerprint density at radius 3 is 2.88 bits per heavy atom. The first kappa shape index (κ1) is 22.8. The van der Waals surface area contributed by atoms with Gasteiger partial charge in [0.25, 0.3) is 5.91 Å². The molecule has 0 saturated heterocycles. The smallest absolute Gasteiger partial charge is 0.258 e. The number of fused-ring (bicyclic) bond motifs is 2. The SMILES string of the molecule is COCCn1c(=NC(=O)CSCC(=O)N2CCCc3ccccc32)sc2cc(C)ccc21. The molecule has 32 heavy (non-hydrogen) atoms. The van der Waals surface area contributed by atoms with E-state index in [1.54, 1.807) is 7.11 Å². The maximum absolute atomic E-state index is 12.8. The van der Waals surface area contributed by atoms with Gasteiger partial charge >= 0.3 is 0 Å². The quantitative estimate of drug-likeness (QED) is 0.528. The van der Waals surface area contributed by atoms with E-state index in [1.165, 1.54) is 34.2 Å². The summed E-state index contributed by atoms with van der Waals surface area (Å²) in [7, 11) is 1.66. The highest BCUT2D eigenvalue weighted by Gasteiger charge is 2.22. The van der Waals surface area contributed by atoms with E-state index < -0.39 is 0 Å². The van der Waals surface area contributed by atoms with Crippen molar-refractivity contribution >= 4 is 50.8 Å². The molecule has 1 aromatic heterocycles. The fraction of sp³-hybridized carbons (Fsp3) is 0.375. The molecule has 0 N–H and O–H groups in total. The molecule has 0 saturated carbocycles. The number of thiazole rings is 1. The molecule has 6 nitrogen and oxygen atoms in total. The van der Waals surface area contributed by atoms with Crippen LogP contribution in [0.4, 0.5) is 5.69 Å². The predicted molar refractivity (Wildman–Crippen MR) is 131 cm³/mol. The second-order valence-electron chi connectivity index (χ2n) is 7.78. The third kappa shape index (κ3) is 5.14. The molecule has 1 aliphatic rings. The summed E-state index contributed by atoms with van der Waals surface area (Å²) in [6.07, 6.45) is 1.97. The number of methoxy groups -OCH3 is 1. The molecule has 8 heteroatoms. The van der Waals surface area contributed by atoms with Crippen molar-refractivity contribution in [2.45, 2.75) is 26.3 Å². The van der Waals surface area contributed by atoms with Gasteiger partial charge in [0.2, 0.25) is 5.91 Å². The molecule has 0 atom stereocenters. The summed E-state index contributed by atoms with van der Waals surface area (Å²) in [5.74, 6) is 0.266. The Bertz CT molecular complexity index is 1200. The zero-order valence-electron chi connectivity index (χ0n) is 18.4. The fourth-order valence-corrected chi connectivity index (χ4v) is 5.74. The first-order chi connectivity index (χ1) is 15.6. The van der Waals surface area contributed by atoms with E-state index in [1.807, 2.05) is 27.7 Å². The number of rotatable bonds is 7. The van der Waals surface area contributed by atoms with Gasteiger partial charge in [-0.05, 0) is 49.1 Å². The van der Waals surface area contributed by atoms with Crippen LogP contribution in [0.5, 0.6) is 0 Å². The Labute approximate surface area is 195 Å². The predicted octanol–water partition coefficient (Wildman–Crippen LogP) is 3.80. The van der Waals surface area contributed by atoms with E-state index in [9.17, 15) is 9.59 Å². The van der Waals surface area contributed by atoms with E-state index in [0.29, 0.717) is 18.0 Å². The van der Waals surface area contributed by atoms with E-state index in [-0.39, 0.29) is 23.3 Å². The van der Waals surface area contributed by atoms with E-state index in [4.69, 9.17) is 4.74 Å². The standard InChI is InChI=1S/C24H27N3O3S2/c1-17-9-10-20-21(14-17)32-24(27(20)12-13-30-2)25-22(28)15-31-16-23(29)26-11-5-7-18-6-3-4-8-19(18)26/h3-4,6,8-10,14H,5,7,11-13,15-16H2,1-2H3. The van der Waals surface area contributed by atoms with Crippen LogP contribution in [0, 0.1) is 6.92 Å². The molecule has 3 aromatic rings. The van der Waals surface area contributed by atoms with Gasteiger partial charge in [-0.15, -0.1) is 11.8 Å². The highest BCUT2D eigenvalue weighted by molar-refractivity contribution is 8.00. The van der Waals surface area contributed by atoms with Crippen LogP contribution in [-0.2, 0) is 27.3 Å². The molecule has 2 aromatic carbocycles. The van der Waals surface area contributed by atoms with Crippen LogP contribution < -0.4 is 9.70 Å². The number of aromatic nitrogens is 1. The molecule has 0 fully saturated rings. The lowest BCUT2D eigenvalue weighted by molar-refractivity contribution is -0.116. The van der Waals surface area contributed by atoms with E-state index >= 15 is 0 Å². The third-order valence-corrected chi connectivity index (χ3v) is 7.38. The van der Waals surface area contributed by atoms with Crippen LogP contribution in [0.3, 0.4) is 0 Å². The summed E-state index contributed by atoms with van der Waals surface area (Å²) in [5.41, 5.74) is 4.43. The summed E-state index contributed by atoms with van der Waals surface area (Å²) >= 11 is 2.83. The second kappa shape index (κ2) is 10.5. The number of carbonyl (C=O) groups excluding carboxylic acids is 2. The van der Waals surface area contributed by atoms with Crippen molar-refractivity contribution in [1.29, 1.82) is 0 Å². The number of carbonyl (C=O) groups is 2. The van der Waals surface area contributed by atoms with Gasteiger partial charge in [-0.1, -0.05) is 35.6 Å². The molecule has 4 rings (SSSR count). The number of ether oxygens (including phenoxy) is 1. The van der Waals surface area contributed by atoms with Gasteiger partial charge in [-0.3, -0.25) is 9.59 Å². The maximum atomic E-state index is 12.8. The summed E-state index contributed by atoms with van der Waals surface area (Å²) in [4.78, 5) is 32.2. The van der Waals surface area contributed by atoms with Crippen molar-refractivity contribution in [3.05, 3.63) is 58.4 Å². The number of nitrogens with zero attached hydrogens (tertiary/aromatic N) is 3. The zero-order chi connectivity index (χ0) is 22.5. The van der Waals surface area contributed by atoms with Gasteiger partial charge in [0, 0.05) is 25.9 Å². The third-order valence-electron chi connectivity index (χ3n) is 5.44. The minimum absolute atomic E-state index is 0.0439. The molecular formula is C24H27N3O3S2. The van der Waals surface area contributed by atoms with Crippen LogP contribution in [0.2, 0.25) is 0 Å². The first-order valence-electron chi connectivity index (χ1n) is 10.7. The molecule has 2 heterocycles. The highest BCUT2D eigenvalue weighted by Crippen LogP contribution is 2.27. The molecule has 0 spiro atoms.